The summed E-state index contributed by atoms with van der Waals surface area (Å²) >= 11 is 0. The van der Waals surface area contributed by atoms with E-state index in [1.54, 1.807) is 37.5 Å². The third kappa shape index (κ3) is 5.15. The second kappa shape index (κ2) is 7.68. The summed E-state index contributed by atoms with van der Waals surface area (Å²) in [6.07, 6.45) is -1.47. The van der Waals surface area contributed by atoms with E-state index in [0.29, 0.717) is 11.3 Å². The van der Waals surface area contributed by atoms with Crippen molar-refractivity contribution in [1.82, 2.24) is 5.32 Å². The molecule has 6 heteroatoms. The van der Waals surface area contributed by atoms with Gasteiger partial charge in [-0.05, 0) is 41.5 Å². The average molecular weight is 335 g/mol. The van der Waals surface area contributed by atoms with E-state index in [9.17, 15) is 18.0 Å². The minimum Gasteiger partial charge on any atom is -0.497 e. The van der Waals surface area contributed by atoms with Crippen LogP contribution in [0, 0.1) is 0 Å². The van der Waals surface area contributed by atoms with Gasteiger partial charge in [0.05, 0.1) is 12.7 Å². The molecule has 24 heavy (non-hydrogen) atoms. The molecule has 0 saturated carbocycles. The minimum absolute atomic E-state index is 0.0191. The Morgan fingerprint density at radius 3 is 2.62 bits per heavy atom. The van der Waals surface area contributed by atoms with Crippen molar-refractivity contribution in [1.29, 1.82) is 0 Å². The first-order chi connectivity index (χ1) is 11.4. The van der Waals surface area contributed by atoms with Gasteiger partial charge in [0.2, 0.25) is 5.91 Å². The van der Waals surface area contributed by atoms with E-state index in [1.807, 2.05) is 0 Å². The van der Waals surface area contributed by atoms with E-state index in [-0.39, 0.29) is 6.54 Å². The quantitative estimate of drug-likeness (QED) is 0.838. The zero-order valence-corrected chi connectivity index (χ0v) is 12.9. The molecule has 0 saturated heterocycles. The topological polar surface area (TPSA) is 38.3 Å². The van der Waals surface area contributed by atoms with Crippen molar-refractivity contribution in [3.63, 3.8) is 0 Å². The second-order valence-electron chi connectivity index (χ2n) is 5.03. The van der Waals surface area contributed by atoms with E-state index in [1.165, 1.54) is 18.2 Å². The summed E-state index contributed by atoms with van der Waals surface area (Å²) in [5.41, 5.74) is 0.428. The molecule has 126 valence electrons. The van der Waals surface area contributed by atoms with Gasteiger partial charge < -0.3 is 10.1 Å². The lowest BCUT2D eigenvalue weighted by Crippen LogP contribution is -2.20. The van der Waals surface area contributed by atoms with Crippen LogP contribution >= 0.6 is 0 Å². The zero-order chi connectivity index (χ0) is 17.6. The highest BCUT2D eigenvalue weighted by molar-refractivity contribution is 5.91. The summed E-state index contributed by atoms with van der Waals surface area (Å²) in [6, 6.07) is 12.0. The zero-order valence-electron chi connectivity index (χ0n) is 12.9. The van der Waals surface area contributed by atoms with Gasteiger partial charge in [0.15, 0.2) is 0 Å². The van der Waals surface area contributed by atoms with Crippen molar-refractivity contribution in [2.24, 2.45) is 0 Å². The van der Waals surface area contributed by atoms with Crippen molar-refractivity contribution in [3.8, 4) is 5.75 Å². The Morgan fingerprint density at radius 2 is 1.92 bits per heavy atom. The first kappa shape index (κ1) is 17.6. The Kier molecular flexibility index (Phi) is 5.63. The fourth-order valence-electron chi connectivity index (χ4n) is 2.02. The maximum absolute atomic E-state index is 12.6. The number of alkyl halides is 3. The van der Waals surface area contributed by atoms with Gasteiger partial charge in [-0.15, -0.1) is 0 Å². The van der Waals surface area contributed by atoms with E-state index in [2.05, 4.69) is 5.32 Å². The Bertz CT molecular complexity index is 739. The number of benzene rings is 2. The lowest BCUT2D eigenvalue weighted by Gasteiger charge is -2.09. The largest absolute Gasteiger partial charge is 0.497 e. The predicted molar refractivity (Wildman–Crippen MR) is 85.3 cm³/mol. The third-order valence-electron chi connectivity index (χ3n) is 3.24. The van der Waals surface area contributed by atoms with Gasteiger partial charge in [0.1, 0.15) is 5.75 Å². The molecule has 3 nitrogen and oxygen atoms in total. The number of ether oxygens (including phenoxy) is 1. The Labute approximate surface area is 137 Å². The Morgan fingerprint density at radius 1 is 1.17 bits per heavy atom. The Balaban J connectivity index is 1.94. The van der Waals surface area contributed by atoms with Crippen LogP contribution in [0.25, 0.3) is 6.08 Å². The number of carbonyl (C=O) groups is 1. The molecule has 0 atom stereocenters. The maximum Gasteiger partial charge on any atom is 0.416 e. The average Bonchev–Trinajstić information content (AvgIpc) is 2.58. The van der Waals surface area contributed by atoms with Crippen molar-refractivity contribution in [3.05, 3.63) is 71.3 Å². The molecule has 0 fully saturated rings. The van der Waals surface area contributed by atoms with E-state index in [4.69, 9.17) is 4.74 Å². The summed E-state index contributed by atoms with van der Waals surface area (Å²) in [7, 11) is 1.55. The second-order valence-corrected chi connectivity index (χ2v) is 5.03. The lowest BCUT2D eigenvalue weighted by molar-refractivity contribution is -0.137. The Hall–Kier alpha value is -2.76. The van der Waals surface area contributed by atoms with Crippen LogP contribution in [0.4, 0.5) is 13.2 Å². The molecule has 2 aromatic rings. The number of carbonyl (C=O) groups excluding carboxylic acids is 1. The molecular weight excluding hydrogens is 319 g/mol. The number of methoxy groups -OCH3 is 1. The molecule has 0 aliphatic heterocycles. The van der Waals surface area contributed by atoms with Crippen LogP contribution in [0.15, 0.2) is 54.6 Å². The summed E-state index contributed by atoms with van der Waals surface area (Å²) in [4.78, 5) is 11.8. The summed E-state index contributed by atoms with van der Waals surface area (Å²) in [5, 5.41) is 2.55. The lowest BCUT2D eigenvalue weighted by atomic mass is 10.1. The highest BCUT2D eigenvalue weighted by Gasteiger charge is 2.30. The molecule has 0 heterocycles. The smallest absolute Gasteiger partial charge is 0.416 e. The van der Waals surface area contributed by atoms with Crippen LogP contribution in [0.1, 0.15) is 16.7 Å². The van der Waals surface area contributed by atoms with Crippen LogP contribution in [0.2, 0.25) is 0 Å². The first-order valence-electron chi connectivity index (χ1n) is 7.14. The van der Waals surface area contributed by atoms with Crippen molar-refractivity contribution >= 4 is 12.0 Å². The third-order valence-corrected chi connectivity index (χ3v) is 3.24. The first-order valence-corrected chi connectivity index (χ1v) is 7.14. The maximum atomic E-state index is 12.6. The highest BCUT2D eigenvalue weighted by atomic mass is 19.4. The van der Waals surface area contributed by atoms with Gasteiger partial charge in [-0.3, -0.25) is 4.79 Å². The number of halogens is 3. The van der Waals surface area contributed by atoms with Crippen LogP contribution < -0.4 is 10.1 Å². The van der Waals surface area contributed by atoms with Crippen molar-refractivity contribution in [2.75, 3.05) is 7.11 Å². The number of hydrogen-bond donors (Lipinski definition) is 1. The molecule has 0 aromatic heterocycles. The number of rotatable bonds is 5. The van der Waals surface area contributed by atoms with Gasteiger partial charge >= 0.3 is 6.18 Å². The minimum atomic E-state index is -4.40. The van der Waals surface area contributed by atoms with Gasteiger partial charge in [-0.1, -0.05) is 24.3 Å². The predicted octanol–water partition coefficient (Wildman–Crippen LogP) is 4.04. The molecule has 1 amide bonds. The molecule has 0 spiro atoms. The fraction of sp³-hybridized carbons (Fsp3) is 0.167. The molecular formula is C18H16F3NO2. The van der Waals surface area contributed by atoms with Gasteiger partial charge in [0.25, 0.3) is 0 Å². The summed E-state index contributed by atoms with van der Waals surface area (Å²) in [5.74, 6) is 0.275. The molecule has 0 radical (unpaired) electrons. The standard InChI is InChI=1S/C18H16F3NO2/c1-24-16-7-3-4-13(11-16)8-9-17(23)22-12-14-5-2-6-15(10-14)18(19,20)21/h2-11H,12H2,1H3,(H,22,23)/b9-8+. The molecule has 0 bridgehead atoms. The van der Waals surface area contributed by atoms with Gasteiger partial charge in [-0.2, -0.15) is 13.2 Å². The molecule has 2 rings (SSSR count). The molecule has 2 aromatic carbocycles. The van der Waals surface area contributed by atoms with Crippen LogP contribution in [0.5, 0.6) is 5.75 Å². The van der Waals surface area contributed by atoms with E-state index in [0.717, 1.165) is 17.7 Å². The SMILES string of the molecule is COc1cccc(/C=C/C(=O)NCc2cccc(C(F)(F)F)c2)c1. The summed E-state index contributed by atoms with van der Waals surface area (Å²) in [6.45, 7) is 0.0191. The number of amides is 1. The molecule has 0 aliphatic carbocycles. The van der Waals surface area contributed by atoms with E-state index >= 15 is 0 Å². The van der Waals surface area contributed by atoms with Crippen molar-refractivity contribution < 1.29 is 22.7 Å². The molecule has 1 N–H and O–H groups in total. The van der Waals surface area contributed by atoms with Crippen molar-refractivity contribution in [2.45, 2.75) is 12.7 Å². The van der Waals surface area contributed by atoms with Crippen LogP contribution in [-0.2, 0) is 17.5 Å². The van der Waals surface area contributed by atoms with Gasteiger partial charge in [-0.25, -0.2) is 0 Å². The van der Waals surface area contributed by atoms with Crippen LogP contribution in [0.3, 0.4) is 0 Å². The normalized spacial score (nSPS) is 11.5. The molecule has 0 unspecified atom stereocenters. The van der Waals surface area contributed by atoms with Gasteiger partial charge in [0, 0.05) is 12.6 Å². The molecule has 0 aliphatic rings. The monoisotopic (exact) mass is 335 g/mol. The summed E-state index contributed by atoms with van der Waals surface area (Å²) < 4.78 is 43.0. The number of hydrogen-bond acceptors (Lipinski definition) is 2. The highest BCUT2D eigenvalue weighted by Crippen LogP contribution is 2.29. The van der Waals surface area contributed by atoms with Crippen LogP contribution in [-0.4, -0.2) is 13.0 Å². The number of nitrogens with one attached hydrogen (secondary N) is 1. The fourth-order valence-corrected chi connectivity index (χ4v) is 2.02. The van der Waals surface area contributed by atoms with E-state index < -0.39 is 17.6 Å².